The number of nitrogens with zero attached hydrogens (tertiary/aromatic N) is 2. The van der Waals surface area contributed by atoms with E-state index in [2.05, 4.69) is 9.97 Å². The number of rotatable bonds is 2. The minimum Gasteiger partial charge on any atom is -0.324 e. The summed E-state index contributed by atoms with van der Waals surface area (Å²) in [4.78, 5) is 9.05. The Morgan fingerprint density at radius 2 is 2.31 bits per heavy atom. The summed E-state index contributed by atoms with van der Waals surface area (Å²) in [6.45, 7) is 3.99. The summed E-state index contributed by atoms with van der Waals surface area (Å²) < 4.78 is 0. The number of aromatic nitrogens is 2. The maximum absolute atomic E-state index is 5.85. The molecular weight excluding hydrogens is 238 g/mol. The van der Waals surface area contributed by atoms with Crippen LogP contribution in [-0.4, -0.2) is 27.2 Å². The maximum atomic E-state index is 5.85. The Hall–Kier alpha value is -0.260. The fraction of sp³-hybridized carbons (Fsp3) is 0.636. The topological polar surface area (TPSA) is 51.8 Å². The molecule has 1 aliphatic heterocycles. The van der Waals surface area contributed by atoms with Gasteiger partial charge in [-0.15, -0.1) is 11.8 Å². The van der Waals surface area contributed by atoms with Crippen molar-refractivity contribution in [2.24, 2.45) is 5.73 Å². The molecule has 0 saturated carbocycles. The zero-order chi connectivity index (χ0) is 11.5. The smallest absolute Gasteiger partial charge is 0.142 e. The number of nitrogens with two attached hydrogens (primary N) is 1. The van der Waals surface area contributed by atoms with Crippen LogP contribution in [0.4, 0.5) is 0 Å². The van der Waals surface area contributed by atoms with E-state index in [0.29, 0.717) is 5.25 Å². The van der Waals surface area contributed by atoms with Crippen LogP contribution in [0.3, 0.4) is 0 Å². The molecule has 3 nitrogen and oxygen atoms in total. The van der Waals surface area contributed by atoms with E-state index in [0.717, 1.165) is 22.8 Å². The van der Waals surface area contributed by atoms with Gasteiger partial charge >= 0.3 is 0 Å². The number of aryl methyl sites for hydroxylation is 1. The molecule has 0 bridgehead atoms. The molecular formula is C11H17N3S2. The molecule has 0 amide bonds. The largest absolute Gasteiger partial charge is 0.324 e. The molecule has 2 N–H and O–H groups in total. The molecule has 1 aromatic rings. The summed E-state index contributed by atoms with van der Waals surface area (Å²) >= 11 is 3.95. The molecule has 0 spiro atoms. The van der Waals surface area contributed by atoms with Crippen molar-refractivity contribution in [3.8, 4) is 0 Å². The Balaban J connectivity index is 2.19. The summed E-state index contributed by atoms with van der Waals surface area (Å²) in [6, 6.07) is 0.0161. The quantitative estimate of drug-likeness (QED) is 0.879. The average molecular weight is 255 g/mol. The Labute approximate surface area is 105 Å². The Morgan fingerprint density at radius 1 is 1.50 bits per heavy atom. The van der Waals surface area contributed by atoms with Gasteiger partial charge in [-0.05, 0) is 13.8 Å². The second kappa shape index (κ2) is 5.38. The van der Waals surface area contributed by atoms with Gasteiger partial charge in [0.15, 0.2) is 0 Å². The van der Waals surface area contributed by atoms with Crippen LogP contribution < -0.4 is 5.73 Å². The molecule has 0 aliphatic carbocycles. The van der Waals surface area contributed by atoms with E-state index in [1.54, 1.807) is 0 Å². The van der Waals surface area contributed by atoms with Gasteiger partial charge in [-0.2, -0.15) is 11.8 Å². The molecule has 16 heavy (non-hydrogen) atoms. The van der Waals surface area contributed by atoms with Crippen molar-refractivity contribution < 1.29 is 0 Å². The van der Waals surface area contributed by atoms with Crippen LogP contribution in [0, 0.1) is 6.92 Å². The summed E-state index contributed by atoms with van der Waals surface area (Å²) in [5.74, 6) is 4.55. The van der Waals surface area contributed by atoms with Gasteiger partial charge in [0.25, 0.3) is 0 Å². The van der Waals surface area contributed by atoms with Crippen molar-refractivity contribution in [1.29, 1.82) is 0 Å². The lowest BCUT2D eigenvalue weighted by atomic mass is 10.1. The van der Waals surface area contributed by atoms with Crippen molar-refractivity contribution in [3.63, 3.8) is 0 Å². The Kier molecular flexibility index (Phi) is 4.10. The van der Waals surface area contributed by atoms with Gasteiger partial charge in [0.1, 0.15) is 5.82 Å². The van der Waals surface area contributed by atoms with Gasteiger partial charge in [-0.3, -0.25) is 0 Å². The first-order valence-electron chi connectivity index (χ1n) is 5.47. The number of hydrogen-bond acceptors (Lipinski definition) is 5. The molecule has 88 valence electrons. The second-order valence-electron chi connectivity index (χ2n) is 3.99. The van der Waals surface area contributed by atoms with Crippen LogP contribution in [0.15, 0.2) is 6.20 Å². The SMILES string of the molecule is Cc1nc(C2CSCCS2)ncc1C(C)N. The van der Waals surface area contributed by atoms with E-state index < -0.39 is 0 Å². The highest BCUT2D eigenvalue weighted by Crippen LogP contribution is 2.35. The van der Waals surface area contributed by atoms with Gasteiger partial charge in [-0.1, -0.05) is 0 Å². The van der Waals surface area contributed by atoms with Crippen LogP contribution in [0.25, 0.3) is 0 Å². The van der Waals surface area contributed by atoms with Crippen molar-refractivity contribution in [2.45, 2.75) is 25.1 Å². The van der Waals surface area contributed by atoms with Crippen molar-refractivity contribution >= 4 is 23.5 Å². The van der Waals surface area contributed by atoms with Crippen molar-refractivity contribution in [2.75, 3.05) is 17.3 Å². The molecule has 0 radical (unpaired) electrons. The first-order chi connectivity index (χ1) is 7.68. The van der Waals surface area contributed by atoms with E-state index in [-0.39, 0.29) is 6.04 Å². The van der Waals surface area contributed by atoms with Crippen LogP contribution in [0.1, 0.15) is 35.3 Å². The predicted octanol–water partition coefficient (Wildman–Crippen LogP) is 2.33. The summed E-state index contributed by atoms with van der Waals surface area (Å²) in [5.41, 5.74) is 7.93. The average Bonchev–Trinajstić information content (AvgIpc) is 2.29. The van der Waals surface area contributed by atoms with E-state index >= 15 is 0 Å². The first-order valence-corrected chi connectivity index (χ1v) is 7.67. The van der Waals surface area contributed by atoms with Gasteiger partial charge in [-0.25, -0.2) is 9.97 Å². The van der Waals surface area contributed by atoms with Crippen molar-refractivity contribution in [3.05, 3.63) is 23.3 Å². The summed E-state index contributed by atoms with van der Waals surface area (Å²) in [7, 11) is 0. The highest BCUT2D eigenvalue weighted by molar-refractivity contribution is 8.06. The number of thioether (sulfide) groups is 2. The lowest BCUT2D eigenvalue weighted by molar-refractivity contribution is 0.772. The lowest BCUT2D eigenvalue weighted by Gasteiger charge is -2.20. The molecule has 1 aromatic heterocycles. The van der Waals surface area contributed by atoms with Gasteiger partial charge in [0.2, 0.25) is 0 Å². The van der Waals surface area contributed by atoms with Crippen LogP contribution in [0.2, 0.25) is 0 Å². The Morgan fingerprint density at radius 3 is 2.88 bits per heavy atom. The van der Waals surface area contributed by atoms with Crippen LogP contribution in [0.5, 0.6) is 0 Å². The number of hydrogen-bond donors (Lipinski definition) is 1. The summed E-state index contributed by atoms with van der Waals surface area (Å²) in [5, 5.41) is 0.458. The zero-order valence-corrected chi connectivity index (χ0v) is 11.3. The monoisotopic (exact) mass is 255 g/mol. The van der Waals surface area contributed by atoms with Gasteiger partial charge in [0, 0.05) is 40.8 Å². The molecule has 2 rings (SSSR count). The Bertz CT molecular complexity index is 362. The standard InChI is InChI=1S/C11H17N3S2/c1-7(12)9-5-13-11(14-8(9)2)10-6-15-3-4-16-10/h5,7,10H,3-4,6,12H2,1-2H3. The minimum absolute atomic E-state index is 0.0161. The van der Waals surface area contributed by atoms with Gasteiger partial charge < -0.3 is 5.73 Å². The molecule has 1 aliphatic rings. The third-order valence-electron chi connectivity index (χ3n) is 2.63. The van der Waals surface area contributed by atoms with Crippen molar-refractivity contribution in [1.82, 2.24) is 9.97 Å². The second-order valence-corrected chi connectivity index (χ2v) is 6.45. The van der Waals surface area contributed by atoms with E-state index in [1.807, 2.05) is 43.6 Å². The summed E-state index contributed by atoms with van der Waals surface area (Å²) in [6.07, 6.45) is 1.89. The fourth-order valence-electron chi connectivity index (χ4n) is 1.73. The molecule has 2 heterocycles. The third kappa shape index (κ3) is 2.70. The highest BCUT2D eigenvalue weighted by Gasteiger charge is 2.20. The van der Waals surface area contributed by atoms with Crippen LogP contribution in [-0.2, 0) is 0 Å². The molecule has 2 unspecified atom stereocenters. The molecule has 0 aromatic carbocycles. The normalized spacial score (nSPS) is 23.1. The molecule has 5 heteroatoms. The fourth-order valence-corrected chi connectivity index (χ4v) is 4.34. The van der Waals surface area contributed by atoms with Gasteiger partial charge in [0.05, 0.1) is 5.25 Å². The lowest BCUT2D eigenvalue weighted by Crippen LogP contribution is -2.14. The maximum Gasteiger partial charge on any atom is 0.142 e. The third-order valence-corrected chi connectivity index (χ3v) is 5.38. The molecule has 1 saturated heterocycles. The predicted molar refractivity (Wildman–Crippen MR) is 71.9 cm³/mol. The molecule has 1 fully saturated rings. The van der Waals surface area contributed by atoms with Crippen LogP contribution >= 0.6 is 23.5 Å². The van der Waals surface area contributed by atoms with E-state index in [4.69, 9.17) is 5.73 Å². The zero-order valence-electron chi connectivity index (χ0n) is 9.64. The minimum atomic E-state index is 0.0161. The first kappa shape index (κ1) is 12.2. The van der Waals surface area contributed by atoms with E-state index in [9.17, 15) is 0 Å². The molecule has 2 atom stereocenters. The highest BCUT2D eigenvalue weighted by atomic mass is 32.2. The van der Waals surface area contributed by atoms with E-state index in [1.165, 1.54) is 11.5 Å².